The third-order valence-corrected chi connectivity index (χ3v) is 0.855. The topological polar surface area (TPSA) is 93.5 Å². The summed E-state index contributed by atoms with van der Waals surface area (Å²) < 4.78 is 0. The van der Waals surface area contributed by atoms with E-state index in [4.69, 9.17) is 11.5 Å². The Morgan fingerprint density at radius 2 is 2.09 bits per heavy atom. The van der Waals surface area contributed by atoms with Gasteiger partial charge in [0.15, 0.2) is 5.96 Å². The molecule has 0 rings (SSSR count). The summed E-state index contributed by atoms with van der Waals surface area (Å²) >= 11 is 0. The Kier molecular flexibility index (Phi) is 4.02. The van der Waals surface area contributed by atoms with Crippen LogP contribution < -0.4 is 16.8 Å². The molecule has 0 aromatic rings. The van der Waals surface area contributed by atoms with E-state index in [0.717, 1.165) is 0 Å². The highest BCUT2D eigenvalue weighted by Crippen LogP contribution is 1.77. The van der Waals surface area contributed by atoms with Crippen molar-refractivity contribution in [1.82, 2.24) is 5.32 Å². The molecule has 5 heteroatoms. The van der Waals surface area contributed by atoms with Gasteiger partial charge in [-0.25, -0.2) is 4.99 Å². The van der Waals surface area contributed by atoms with Crippen molar-refractivity contribution in [1.29, 1.82) is 0 Å². The summed E-state index contributed by atoms with van der Waals surface area (Å²) in [6, 6.07) is 0.122. The van der Waals surface area contributed by atoms with Crippen LogP contribution in [0.2, 0.25) is 0 Å². The van der Waals surface area contributed by atoms with Gasteiger partial charge in [-0.3, -0.25) is 4.79 Å². The lowest BCUT2D eigenvalue weighted by molar-refractivity contribution is -0.120. The number of amides is 1. The van der Waals surface area contributed by atoms with Crippen molar-refractivity contribution in [3.63, 3.8) is 0 Å². The highest BCUT2D eigenvalue weighted by Gasteiger charge is 2.00. The minimum atomic E-state index is -0.173. The van der Waals surface area contributed by atoms with Crippen molar-refractivity contribution in [3.05, 3.63) is 0 Å². The average Bonchev–Trinajstić information content (AvgIpc) is 1.82. The van der Waals surface area contributed by atoms with Crippen molar-refractivity contribution in [2.24, 2.45) is 16.5 Å². The van der Waals surface area contributed by atoms with Crippen LogP contribution in [-0.2, 0) is 4.79 Å². The molecule has 11 heavy (non-hydrogen) atoms. The fourth-order valence-corrected chi connectivity index (χ4v) is 0.531. The molecule has 0 aromatic heterocycles. The van der Waals surface area contributed by atoms with Gasteiger partial charge in [-0.1, -0.05) is 0 Å². The second-order valence-electron chi connectivity index (χ2n) is 2.46. The number of carbonyl (C=O) groups is 1. The largest absolute Gasteiger partial charge is 0.370 e. The molecule has 0 bridgehead atoms. The second-order valence-corrected chi connectivity index (χ2v) is 2.46. The second kappa shape index (κ2) is 4.54. The van der Waals surface area contributed by atoms with Crippen LogP contribution in [0.25, 0.3) is 0 Å². The van der Waals surface area contributed by atoms with Crippen molar-refractivity contribution < 1.29 is 4.79 Å². The van der Waals surface area contributed by atoms with Gasteiger partial charge in [0.2, 0.25) is 5.91 Å². The summed E-state index contributed by atoms with van der Waals surface area (Å²) in [6.45, 7) is 3.74. The number of nitrogens with one attached hydrogen (secondary N) is 1. The Hall–Kier alpha value is -1.26. The van der Waals surface area contributed by atoms with E-state index >= 15 is 0 Å². The Morgan fingerprint density at radius 3 is 2.45 bits per heavy atom. The molecular formula is C6H14N4O. The van der Waals surface area contributed by atoms with E-state index < -0.39 is 0 Å². The number of nitrogens with zero attached hydrogens (tertiary/aromatic N) is 1. The van der Waals surface area contributed by atoms with Crippen molar-refractivity contribution in [2.45, 2.75) is 19.9 Å². The van der Waals surface area contributed by atoms with E-state index in [2.05, 4.69) is 10.3 Å². The minimum absolute atomic E-state index is 0.000509. The van der Waals surface area contributed by atoms with E-state index in [9.17, 15) is 4.79 Å². The quantitative estimate of drug-likeness (QED) is 0.355. The molecule has 0 saturated carbocycles. The summed E-state index contributed by atoms with van der Waals surface area (Å²) in [5, 5.41) is 2.64. The van der Waals surface area contributed by atoms with Crippen molar-refractivity contribution in [3.8, 4) is 0 Å². The van der Waals surface area contributed by atoms with Gasteiger partial charge < -0.3 is 16.8 Å². The van der Waals surface area contributed by atoms with Crippen LogP contribution in [0, 0.1) is 0 Å². The van der Waals surface area contributed by atoms with Crippen LogP contribution in [0.1, 0.15) is 13.8 Å². The fourth-order valence-electron chi connectivity index (χ4n) is 0.531. The zero-order valence-corrected chi connectivity index (χ0v) is 6.79. The molecule has 0 fully saturated rings. The lowest BCUT2D eigenvalue weighted by Crippen LogP contribution is -2.33. The molecule has 0 unspecified atom stereocenters. The molecule has 1 amide bonds. The van der Waals surface area contributed by atoms with Crippen LogP contribution in [0.4, 0.5) is 0 Å². The summed E-state index contributed by atoms with van der Waals surface area (Å²) in [4.78, 5) is 14.4. The molecule has 0 saturated heterocycles. The van der Waals surface area contributed by atoms with E-state index in [1.807, 2.05) is 13.8 Å². The SMILES string of the molecule is CC(C)NC(=O)CN=C(N)N. The molecule has 5 nitrogen and oxygen atoms in total. The molecule has 0 aromatic carbocycles. The summed E-state index contributed by atoms with van der Waals surface area (Å²) in [5.74, 6) is -0.239. The first-order valence-corrected chi connectivity index (χ1v) is 3.37. The molecule has 5 N–H and O–H groups in total. The van der Waals surface area contributed by atoms with Crippen LogP contribution in [0.5, 0.6) is 0 Å². The lowest BCUT2D eigenvalue weighted by Gasteiger charge is -2.05. The zero-order chi connectivity index (χ0) is 8.85. The molecule has 0 radical (unpaired) electrons. The van der Waals surface area contributed by atoms with E-state index in [1.165, 1.54) is 0 Å². The number of guanidine groups is 1. The summed E-state index contributed by atoms with van der Waals surface area (Å²) in [6.07, 6.45) is 0. The third kappa shape index (κ3) is 6.63. The predicted octanol–water partition coefficient (Wildman–Crippen LogP) is -1.22. The summed E-state index contributed by atoms with van der Waals surface area (Å²) in [7, 11) is 0. The molecule has 0 heterocycles. The van der Waals surface area contributed by atoms with E-state index in [0.29, 0.717) is 0 Å². The normalized spacial score (nSPS) is 9.36. The van der Waals surface area contributed by atoms with Crippen LogP contribution in [0.3, 0.4) is 0 Å². The van der Waals surface area contributed by atoms with Gasteiger partial charge in [-0.2, -0.15) is 0 Å². The van der Waals surface area contributed by atoms with Gasteiger partial charge in [0.05, 0.1) is 0 Å². The maximum atomic E-state index is 10.8. The van der Waals surface area contributed by atoms with Crippen LogP contribution in [0.15, 0.2) is 4.99 Å². The first-order chi connectivity index (χ1) is 5.02. The first-order valence-electron chi connectivity index (χ1n) is 3.37. The highest BCUT2D eigenvalue weighted by atomic mass is 16.1. The Bertz CT molecular complexity index is 160. The van der Waals surface area contributed by atoms with Gasteiger partial charge in [-0.15, -0.1) is 0 Å². The monoisotopic (exact) mass is 158 g/mol. The minimum Gasteiger partial charge on any atom is -0.370 e. The lowest BCUT2D eigenvalue weighted by atomic mass is 10.4. The number of hydrogen-bond acceptors (Lipinski definition) is 2. The van der Waals surface area contributed by atoms with Crippen molar-refractivity contribution in [2.75, 3.05) is 6.54 Å². The number of hydrogen-bond donors (Lipinski definition) is 3. The number of rotatable bonds is 3. The number of nitrogens with two attached hydrogens (primary N) is 2. The average molecular weight is 158 g/mol. The van der Waals surface area contributed by atoms with Gasteiger partial charge in [-0.05, 0) is 13.8 Å². The highest BCUT2D eigenvalue weighted by molar-refractivity contribution is 5.83. The fraction of sp³-hybridized carbons (Fsp3) is 0.667. The molecule has 0 aliphatic rings. The number of carbonyl (C=O) groups excluding carboxylic acids is 1. The molecule has 64 valence electrons. The Labute approximate surface area is 65.9 Å². The maximum Gasteiger partial charge on any atom is 0.242 e. The Morgan fingerprint density at radius 1 is 1.55 bits per heavy atom. The maximum absolute atomic E-state index is 10.8. The number of aliphatic imine (C=N–C) groups is 1. The standard InChI is InChI=1S/C6H14N4O/c1-4(2)10-5(11)3-9-6(7)8/h4H,3H2,1-2H3,(H,10,11)(H4,7,8,9). The van der Waals surface area contributed by atoms with Gasteiger partial charge in [0.25, 0.3) is 0 Å². The predicted molar refractivity (Wildman–Crippen MR) is 44.0 cm³/mol. The molecule has 0 spiro atoms. The molecule has 0 atom stereocenters. The molecule has 0 aliphatic heterocycles. The smallest absolute Gasteiger partial charge is 0.242 e. The van der Waals surface area contributed by atoms with Gasteiger partial charge >= 0.3 is 0 Å². The van der Waals surface area contributed by atoms with Gasteiger partial charge in [0, 0.05) is 6.04 Å². The zero-order valence-electron chi connectivity index (χ0n) is 6.79. The first kappa shape index (κ1) is 9.74. The van der Waals surface area contributed by atoms with Crippen LogP contribution in [-0.4, -0.2) is 24.5 Å². The molecular weight excluding hydrogens is 144 g/mol. The molecule has 0 aliphatic carbocycles. The van der Waals surface area contributed by atoms with Gasteiger partial charge in [0.1, 0.15) is 6.54 Å². The van der Waals surface area contributed by atoms with Crippen LogP contribution >= 0.6 is 0 Å². The van der Waals surface area contributed by atoms with Crippen molar-refractivity contribution >= 4 is 11.9 Å². The third-order valence-electron chi connectivity index (χ3n) is 0.855. The summed E-state index contributed by atoms with van der Waals surface area (Å²) in [5.41, 5.74) is 10.0. The Balaban J connectivity index is 3.62. The van der Waals surface area contributed by atoms with E-state index in [-0.39, 0.29) is 24.5 Å². The van der Waals surface area contributed by atoms with E-state index in [1.54, 1.807) is 0 Å².